The van der Waals surface area contributed by atoms with Crippen LogP contribution >= 0.6 is 12.6 Å². The van der Waals surface area contributed by atoms with Crippen LogP contribution in [-0.2, 0) is 0 Å². The monoisotopic (exact) mass is 200 g/mol. The lowest BCUT2D eigenvalue weighted by molar-refractivity contribution is 0.302. The van der Waals surface area contributed by atoms with Crippen molar-refractivity contribution in [2.45, 2.75) is 13.3 Å². The Hall–Kier alpha value is -0.700. The lowest BCUT2D eigenvalue weighted by Crippen LogP contribution is -1.99. The molecule has 72 valence electrons. The van der Waals surface area contributed by atoms with E-state index in [-0.39, 0.29) is 5.82 Å². The zero-order valence-electron chi connectivity index (χ0n) is 7.59. The van der Waals surface area contributed by atoms with Crippen molar-refractivity contribution in [1.82, 2.24) is 0 Å². The molecule has 0 aromatic heterocycles. The van der Waals surface area contributed by atoms with Gasteiger partial charge in [-0.05, 0) is 36.8 Å². The highest BCUT2D eigenvalue weighted by Crippen LogP contribution is 2.18. The molecule has 3 heteroatoms. The Labute approximate surface area is 83.3 Å². The quantitative estimate of drug-likeness (QED) is 0.581. The molecule has 0 saturated heterocycles. The largest absolute Gasteiger partial charge is 0.490 e. The molecule has 0 N–H and O–H groups in total. The zero-order valence-corrected chi connectivity index (χ0v) is 8.48. The van der Waals surface area contributed by atoms with Crippen molar-refractivity contribution in [2.24, 2.45) is 0 Å². The highest BCUT2D eigenvalue weighted by atomic mass is 32.1. The maximum atomic E-state index is 13.1. The van der Waals surface area contributed by atoms with E-state index in [0.29, 0.717) is 12.4 Å². The lowest BCUT2D eigenvalue weighted by Gasteiger charge is -2.06. The highest BCUT2D eigenvalue weighted by Gasteiger charge is 2.01. The van der Waals surface area contributed by atoms with Gasteiger partial charge >= 0.3 is 0 Å². The summed E-state index contributed by atoms with van der Waals surface area (Å²) in [6, 6.07) is 4.85. The van der Waals surface area contributed by atoms with Gasteiger partial charge < -0.3 is 4.74 Å². The Morgan fingerprint density at radius 3 is 2.92 bits per heavy atom. The smallest absolute Gasteiger partial charge is 0.165 e. The summed E-state index contributed by atoms with van der Waals surface area (Å²) in [5, 5.41) is 0. The topological polar surface area (TPSA) is 9.23 Å². The van der Waals surface area contributed by atoms with Crippen LogP contribution in [0.3, 0.4) is 0 Å². The third-order valence-corrected chi connectivity index (χ3v) is 1.96. The first-order valence-corrected chi connectivity index (χ1v) is 4.87. The predicted octanol–water partition coefficient (Wildman–Crippen LogP) is 2.83. The van der Waals surface area contributed by atoms with Crippen molar-refractivity contribution in [3.63, 3.8) is 0 Å². The predicted molar refractivity (Wildman–Crippen MR) is 55.1 cm³/mol. The molecule has 0 radical (unpaired) electrons. The van der Waals surface area contributed by atoms with Crippen LogP contribution in [0.4, 0.5) is 4.39 Å². The summed E-state index contributed by atoms with van der Waals surface area (Å²) in [7, 11) is 0. The van der Waals surface area contributed by atoms with Gasteiger partial charge in [0, 0.05) is 0 Å². The summed E-state index contributed by atoms with van der Waals surface area (Å²) in [4.78, 5) is 0. The first-order chi connectivity index (χ1) is 6.24. The number of halogens is 1. The maximum Gasteiger partial charge on any atom is 0.165 e. The summed E-state index contributed by atoms with van der Waals surface area (Å²) in [5.74, 6) is 0.791. The minimum atomic E-state index is -0.301. The average Bonchev–Trinajstić information content (AvgIpc) is 2.11. The fourth-order valence-corrected chi connectivity index (χ4v) is 1.10. The molecule has 0 spiro atoms. The normalized spacial score (nSPS) is 10.1. The van der Waals surface area contributed by atoms with Crippen LogP contribution < -0.4 is 4.74 Å². The van der Waals surface area contributed by atoms with Gasteiger partial charge in [-0.15, -0.1) is 0 Å². The fraction of sp³-hybridized carbons (Fsp3) is 0.400. The Morgan fingerprint density at radius 2 is 2.23 bits per heavy atom. The molecule has 0 saturated carbocycles. The van der Waals surface area contributed by atoms with Gasteiger partial charge in [-0.3, -0.25) is 0 Å². The molecule has 1 rings (SSSR count). The van der Waals surface area contributed by atoms with Crippen LogP contribution in [0.2, 0.25) is 0 Å². The van der Waals surface area contributed by atoms with E-state index in [4.69, 9.17) is 4.74 Å². The second-order valence-electron chi connectivity index (χ2n) is 2.86. The number of hydrogen-bond acceptors (Lipinski definition) is 2. The standard InChI is InChI=1S/C10H13FOS/c1-8-3-4-9(11)10(7-8)12-5-2-6-13/h3-4,7,13H,2,5-6H2,1H3. The molecular formula is C10H13FOS. The Bertz CT molecular complexity index is 276. The van der Waals surface area contributed by atoms with Gasteiger partial charge in [-0.25, -0.2) is 4.39 Å². The van der Waals surface area contributed by atoms with Crippen molar-refractivity contribution in [2.75, 3.05) is 12.4 Å². The third kappa shape index (κ3) is 3.27. The molecule has 0 bridgehead atoms. The van der Waals surface area contributed by atoms with Crippen LogP contribution in [0, 0.1) is 12.7 Å². The van der Waals surface area contributed by atoms with Crippen LogP contribution in [0.25, 0.3) is 0 Å². The summed E-state index contributed by atoms with van der Waals surface area (Å²) in [5.41, 5.74) is 1.00. The Balaban J connectivity index is 2.59. The lowest BCUT2D eigenvalue weighted by atomic mass is 10.2. The summed E-state index contributed by atoms with van der Waals surface area (Å²) in [6.45, 7) is 2.43. The van der Waals surface area contributed by atoms with Crippen LogP contribution in [-0.4, -0.2) is 12.4 Å². The number of benzene rings is 1. The van der Waals surface area contributed by atoms with E-state index in [0.717, 1.165) is 17.7 Å². The molecule has 1 aromatic carbocycles. The molecule has 13 heavy (non-hydrogen) atoms. The number of thiol groups is 1. The molecule has 1 aromatic rings. The fourth-order valence-electron chi connectivity index (χ4n) is 0.968. The molecule has 0 unspecified atom stereocenters. The van der Waals surface area contributed by atoms with Crippen molar-refractivity contribution >= 4 is 12.6 Å². The van der Waals surface area contributed by atoms with Crippen molar-refractivity contribution in [1.29, 1.82) is 0 Å². The molecule has 0 fully saturated rings. The number of ether oxygens (including phenoxy) is 1. The van der Waals surface area contributed by atoms with Gasteiger partial charge in [-0.1, -0.05) is 6.07 Å². The summed E-state index contributed by atoms with van der Waals surface area (Å²) < 4.78 is 18.3. The maximum absolute atomic E-state index is 13.1. The van der Waals surface area contributed by atoms with Gasteiger partial charge in [0.2, 0.25) is 0 Å². The highest BCUT2D eigenvalue weighted by molar-refractivity contribution is 7.80. The first-order valence-electron chi connectivity index (χ1n) is 4.24. The van der Waals surface area contributed by atoms with Crippen LogP contribution in [0.15, 0.2) is 18.2 Å². The molecule has 0 amide bonds. The number of hydrogen-bond donors (Lipinski definition) is 1. The van der Waals surface area contributed by atoms with Gasteiger partial charge in [0.1, 0.15) is 0 Å². The Kier molecular flexibility index (Phi) is 4.09. The number of rotatable bonds is 4. The van der Waals surface area contributed by atoms with Crippen molar-refractivity contribution in [3.8, 4) is 5.75 Å². The first kappa shape index (κ1) is 10.4. The van der Waals surface area contributed by atoms with Crippen LogP contribution in [0.5, 0.6) is 5.75 Å². The molecule has 1 nitrogen and oxygen atoms in total. The number of aryl methyl sites for hydroxylation is 1. The molecule has 0 aliphatic heterocycles. The zero-order chi connectivity index (χ0) is 9.68. The van der Waals surface area contributed by atoms with E-state index >= 15 is 0 Å². The average molecular weight is 200 g/mol. The molecule has 0 aliphatic rings. The van der Waals surface area contributed by atoms with E-state index in [1.165, 1.54) is 6.07 Å². The van der Waals surface area contributed by atoms with E-state index in [1.807, 2.05) is 6.92 Å². The van der Waals surface area contributed by atoms with Gasteiger partial charge in [0.15, 0.2) is 11.6 Å². The van der Waals surface area contributed by atoms with E-state index < -0.39 is 0 Å². The van der Waals surface area contributed by atoms with Crippen molar-refractivity contribution in [3.05, 3.63) is 29.6 Å². The summed E-state index contributed by atoms with van der Waals surface area (Å²) >= 11 is 4.04. The third-order valence-electron chi connectivity index (χ3n) is 1.65. The molecule has 0 heterocycles. The Morgan fingerprint density at radius 1 is 1.46 bits per heavy atom. The van der Waals surface area contributed by atoms with Gasteiger partial charge in [0.05, 0.1) is 6.61 Å². The second kappa shape index (κ2) is 5.12. The van der Waals surface area contributed by atoms with E-state index in [9.17, 15) is 4.39 Å². The molecule has 0 atom stereocenters. The minimum Gasteiger partial charge on any atom is -0.490 e. The molecular weight excluding hydrogens is 187 g/mol. The van der Waals surface area contributed by atoms with E-state index in [1.54, 1.807) is 12.1 Å². The minimum absolute atomic E-state index is 0.301. The molecule has 0 aliphatic carbocycles. The summed E-state index contributed by atoms with van der Waals surface area (Å²) in [6.07, 6.45) is 0.830. The second-order valence-corrected chi connectivity index (χ2v) is 3.31. The van der Waals surface area contributed by atoms with Crippen LogP contribution in [0.1, 0.15) is 12.0 Å². The van der Waals surface area contributed by atoms with Crippen molar-refractivity contribution < 1.29 is 9.13 Å². The van der Waals surface area contributed by atoms with Gasteiger partial charge in [-0.2, -0.15) is 12.6 Å². The SMILES string of the molecule is Cc1ccc(F)c(OCCCS)c1. The van der Waals surface area contributed by atoms with E-state index in [2.05, 4.69) is 12.6 Å². The van der Waals surface area contributed by atoms with Gasteiger partial charge in [0.25, 0.3) is 0 Å².